The number of nitrogens with one attached hydrogen (secondary N) is 1. The van der Waals surface area contributed by atoms with E-state index in [9.17, 15) is 9.59 Å². The van der Waals surface area contributed by atoms with E-state index in [1.165, 1.54) is 20.1 Å². The van der Waals surface area contributed by atoms with Gasteiger partial charge in [0.2, 0.25) is 11.2 Å². The van der Waals surface area contributed by atoms with Gasteiger partial charge in [-0.1, -0.05) is 0 Å². The van der Waals surface area contributed by atoms with Gasteiger partial charge < -0.3 is 15.0 Å². The Morgan fingerprint density at radius 2 is 2.15 bits per heavy atom. The average molecular weight is 301 g/mol. The smallest absolute Gasteiger partial charge is 0.356 e. The van der Waals surface area contributed by atoms with Gasteiger partial charge in [-0.25, -0.2) is 14.8 Å². The van der Waals surface area contributed by atoms with Gasteiger partial charge in [-0.2, -0.15) is 0 Å². The fourth-order valence-corrected chi connectivity index (χ4v) is 1.59. The maximum atomic E-state index is 11.4. The summed E-state index contributed by atoms with van der Waals surface area (Å²) in [6.45, 7) is 2.73. The van der Waals surface area contributed by atoms with Crippen molar-refractivity contribution in [3.05, 3.63) is 17.0 Å². The summed E-state index contributed by atoms with van der Waals surface area (Å²) in [5, 5.41) is 2.99. The number of aromatic nitrogens is 2. The zero-order valence-electron chi connectivity index (χ0n) is 11.6. The van der Waals surface area contributed by atoms with E-state index >= 15 is 0 Å². The molecule has 0 saturated carbocycles. The molecule has 0 atom stereocenters. The van der Waals surface area contributed by atoms with Crippen LogP contribution >= 0.6 is 11.6 Å². The standard InChI is InChI=1S/C12H17ClN4O3/c1-8(18)17(2)6-4-5-14-10-7-9(11(19)20-3)15-12(13)16-10/h7H,4-6H2,1-3H3,(H,14,15,16). The zero-order chi connectivity index (χ0) is 15.1. The van der Waals surface area contributed by atoms with Crippen LogP contribution in [0.4, 0.5) is 5.82 Å². The van der Waals surface area contributed by atoms with Crippen LogP contribution in [0.5, 0.6) is 0 Å². The van der Waals surface area contributed by atoms with E-state index in [0.717, 1.165) is 6.42 Å². The molecule has 0 radical (unpaired) electrons. The molecule has 1 aromatic heterocycles. The Labute approximate surface area is 122 Å². The van der Waals surface area contributed by atoms with E-state index in [4.69, 9.17) is 11.6 Å². The minimum atomic E-state index is -0.575. The van der Waals surface area contributed by atoms with E-state index in [1.54, 1.807) is 11.9 Å². The molecule has 0 spiro atoms. The molecule has 20 heavy (non-hydrogen) atoms. The predicted octanol–water partition coefficient (Wildman–Crippen LogP) is 1.20. The summed E-state index contributed by atoms with van der Waals surface area (Å²) in [6, 6.07) is 1.46. The molecule has 8 heteroatoms. The molecular weight excluding hydrogens is 284 g/mol. The molecule has 1 N–H and O–H groups in total. The monoisotopic (exact) mass is 300 g/mol. The number of nitrogens with zero attached hydrogens (tertiary/aromatic N) is 3. The van der Waals surface area contributed by atoms with Crippen molar-refractivity contribution < 1.29 is 14.3 Å². The topological polar surface area (TPSA) is 84.4 Å². The lowest BCUT2D eigenvalue weighted by molar-refractivity contribution is -0.127. The first kappa shape index (κ1) is 16.2. The maximum absolute atomic E-state index is 11.4. The molecule has 0 unspecified atom stereocenters. The highest BCUT2D eigenvalue weighted by Gasteiger charge is 2.11. The van der Waals surface area contributed by atoms with Gasteiger partial charge in [0.1, 0.15) is 5.82 Å². The first-order valence-corrected chi connectivity index (χ1v) is 6.40. The number of rotatable bonds is 6. The summed E-state index contributed by atoms with van der Waals surface area (Å²) in [5.41, 5.74) is 0.0934. The number of esters is 1. The Morgan fingerprint density at radius 1 is 1.45 bits per heavy atom. The molecule has 0 aliphatic carbocycles. The van der Waals surface area contributed by atoms with Crippen LogP contribution in [-0.2, 0) is 9.53 Å². The predicted molar refractivity (Wildman–Crippen MR) is 74.8 cm³/mol. The van der Waals surface area contributed by atoms with Crippen LogP contribution in [0.15, 0.2) is 6.07 Å². The van der Waals surface area contributed by atoms with E-state index < -0.39 is 5.97 Å². The van der Waals surface area contributed by atoms with Gasteiger partial charge in [0.05, 0.1) is 7.11 Å². The molecule has 110 valence electrons. The van der Waals surface area contributed by atoms with E-state index in [0.29, 0.717) is 18.9 Å². The average Bonchev–Trinajstić information content (AvgIpc) is 2.41. The highest BCUT2D eigenvalue weighted by molar-refractivity contribution is 6.28. The van der Waals surface area contributed by atoms with Gasteiger partial charge >= 0.3 is 5.97 Å². The quantitative estimate of drug-likeness (QED) is 0.483. The Morgan fingerprint density at radius 3 is 2.75 bits per heavy atom. The molecule has 0 aliphatic heterocycles. The lowest BCUT2D eigenvalue weighted by Crippen LogP contribution is -2.26. The van der Waals surface area contributed by atoms with Crippen LogP contribution in [0.2, 0.25) is 5.28 Å². The highest BCUT2D eigenvalue weighted by atomic mass is 35.5. The van der Waals surface area contributed by atoms with Crippen LogP contribution in [0.1, 0.15) is 23.8 Å². The van der Waals surface area contributed by atoms with Crippen molar-refractivity contribution in [1.29, 1.82) is 0 Å². The van der Waals surface area contributed by atoms with E-state index in [2.05, 4.69) is 20.0 Å². The molecular formula is C12H17ClN4O3. The third-order valence-electron chi connectivity index (χ3n) is 2.61. The lowest BCUT2D eigenvalue weighted by atomic mass is 10.3. The number of hydrogen-bond donors (Lipinski definition) is 1. The Kier molecular flexibility index (Phi) is 6.17. The molecule has 0 fully saturated rings. The number of carbonyl (C=O) groups is 2. The van der Waals surface area contributed by atoms with Gasteiger partial charge in [0.25, 0.3) is 0 Å². The molecule has 7 nitrogen and oxygen atoms in total. The Bertz CT molecular complexity index is 496. The highest BCUT2D eigenvalue weighted by Crippen LogP contribution is 2.11. The fourth-order valence-electron chi connectivity index (χ4n) is 1.41. The number of amides is 1. The van der Waals surface area contributed by atoms with Crippen LogP contribution in [0.25, 0.3) is 0 Å². The third-order valence-corrected chi connectivity index (χ3v) is 2.78. The summed E-state index contributed by atoms with van der Waals surface area (Å²) < 4.78 is 4.57. The van der Waals surface area contributed by atoms with Gasteiger partial charge in [-0.15, -0.1) is 0 Å². The minimum Gasteiger partial charge on any atom is -0.464 e. The van der Waals surface area contributed by atoms with Crippen LogP contribution in [0.3, 0.4) is 0 Å². The number of carbonyl (C=O) groups excluding carboxylic acids is 2. The second-order valence-corrected chi connectivity index (χ2v) is 4.46. The first-order chi connectivity index (χ1) is 9.43. The van der Waals surface area contributed by atoms with Crippen molar-refractivity contribution in [1.82, 2.24) is 14.9 Å². The van der Waals surface area contributed by atoms with Crippen molar-refractivity contribution in [2.24, 2.45) is 0 Å². The van der Waals surface area contributed by atoms with Crippen LogP contribution < -0.4 is 5.32 Å². The molecule has 1 rings (SSSR count). The molecule has 1 aromatic rings. The Balaban J connectivity index is 2.54. The Hall–Kier alpha value is -1.89. The van der Waals surface area contributed by atoms with Gasteiger partial charge in [0.15, 0.2) is 5.69 Å². The van der Waals surface area contributed by atoms with Crippen molar-refractivity contribution >= 4 is 29.3 Å². The molecule has 1 amide bonds. The van der Waals surface area contributed by atoms with Crippen molar-refractivity contribution in [3.8, 4) is 0 Å². The van der Waals surface area contributed by atoms with Gasteiger partial charge in [-0.3, -0.25) is 4.79 Å². The number of ether oxygens (including phenoxy) is 1. The molecule has 0 bridgehead atoms. The van der Waals surface area contributed by atoms with E-state index in [1.807, 2.05) is 0 Å². The summed E-state index contributed by atoms with van der Waals surface area (Å²) in [5.74, 6) is -0.118. The minimum absolute atomic E-state index is 0.0167. The molecule has 0 aromatic carbocycles. The van der Waals surface area contributed by atoms with Crippen molar-refractivity contribution in [2.45, 2.75) is 13.3 Å². The van der Waals surface area contributed by atoms with Gasteiger partial charge in [-0.05, 0) is 18.0 Å². The maximum Gasteiger partial charge on any atom is 0.356 e. The molecule has 0 aliphatic rings. The van der Waals surface area contributed by atoms with Crippen molar-refractivity contribution in [2.75, 3.05) is 32.6 Å². The number of methoxy groups -OCH3 is 1. The number of halogens is 1. The van der Waals surface area contributed by atoms with Gasteiger partial charge in [0, 0.05) is 33.1 Å². The third kappa shape index (κ3) is 5.00. The second-order valence-electron chi connectivity index (χ2n) is 4.12. The second kappa shape index (κ2) is 7.64. The zero-order valence-corrected chi connectivity index (χ0v) is 12.4. The summed E-state index contributed by atoms with van der Waals surface area (Å²) in [6.07, 6.45) is 0.741. The van der Waals surface area contributed by atoms with E-state index in [-0.39, 0.29) is 16.9 Å². The summed E-state index contributed by atoms with van der Waals surface area (Å²) in [4.78, 5) is 31.7. The molecule has 0 saturated heterocycles. The van der Waals surface area contributed by atoms with Crippen molar-refractivity contribution in [3.63, 3.8) is 0 Å². The largest absolute Gasteiger partial charge is 0.464 e. The lowest BCUT2D eigenvalue weighted by Gasteiger charge is -2.14. The SMILES string of the molecule is COC(=O)c1cc(NCCCN(C)C(C)=O)nc(Cl)n1. The summed E-state index contributed by atoms with van der Waals surface area (Å²) in [7, 11) is 3.00. The number of hydrogen-bond acceptors (Lipinski definition) is 6. The first-order valence-electron chi connectivity index (χ1n) is 6.02. The normalized spacial score (nSPS) is 10.0. The fraction of sp³-hybridized carbons (Fsp3) is 0.500. The summed E-state index contributed by atoms with van der Waals surface area (Å²) >= 11 is 5.73. The number of anilines is 1. The molecule has 1 heterocycles. The van der Waals surface area contributed by atoms with Crippen LogP contribution in [-0.4, -0.2) is 54.0 Å². The van der Waals surface area contributed by atoms with Crippen LogP contribution in [0, 0.1) is 0 Å².